The van der Waals surface area contributed by atoms with E-state index in [4.69, 9.17) is 5.41 Å². The van der Waals surface area contributed by atoms with E-state index in [-0.39, 0.29) is 33.9 Å². The van der Waals surface area contributed by atoms with Gasteiger partial charge >= 0.3 is 0 Å². The molecule has 0 radical (unpaired) electrons. The highest BCUT2D eigenvalue weighted by molar-refractivity contribution is 7.79. The van der Waals surface area contributed by atoms with Gasteiger partial charge in [0.05, 0.1) is 23.0 Å². The van der Waals surface area contributed by atoms with Crippen molar-refractivity contribution in [3.63, 3.8) is 0 Å². The van der Waals surface area contributed by atoms with Gasteiger partial charge in [0.15, 0.2) is 5.82 Å². The molecule has 1 unspecified atom stereocenters. The third-order valence-corrected chi connectivity index (χ3v) is 5.45. The van der Waals surface area contributed by atoms with E-state index in [0.717, 1.165) is 24.4 Å². The highest BCUT2D eigenvalue weighted by atomic mass is 32.1. The van der Waals surface area contributed by atoms with E-state index in [9.17, 15) is 14.0 Å². The summed E-state index contributed by atoms with van der Waals surface area (Å²) < 4.78 is 44.0. The Bertz CT molecular complexity index is 1450. The summed E-state index contributed by atoms with van der Waals surface area (Å²) in [5.41, 5.74) is 3.40. The Morgan fingerprint density at radius 3 is 2.71 bits per heavy atom. The molecule has 1 aromatic carbocycles. The second-order valence-electron chi connectivity index (χ2n) is 7.47. The summed E-state index contributed by atoms with van der Waals surface area (Å²) in [6, 6.07) is 6.26. The number of allylic oxidation sites excluding steroid dienone is 2. The van der Waals surface area contributed by atoms with Crippen LogP contribution in [0.2, 0.25) is 0 Å². The van der Waals surface area contributed by atoms with Crippen molar-refractivity contribution in [2.45, 2.75) is 13.8 Å². The van der Waals surface area contributed by atoms with Crippen LogP contribution in [-0.4, -0.2) is 25.3 Å². The van der Waals surface area contributed by atoms with Crippen LogP contribution in [0.1, 0.15) is 18.3 Å². The van der Waals surface area contributed by atoms with E-state index >= 15 is 4.39 Å². The highest BCUT2D eigenvalue weighted by Gasteiger charge is 2.32. The van der Waals surface area contributed by atoms with Gasteiger partial charge in [-0.3, -0.25) is 10.4 Å². The van der Waals surface area contributed by atoms with Gasteiger partial charge < -0.3 is 4.40 Å². The normalized spacial score (nSPS) is 13.4. The van der Waals surface area contributed by atoms with Gasteiger partial charge in [-0.15, -0.1) is 0 Å². The lowest BCUT2D eigenvalue weighted by Crippen LogP contribution is -2.42. The number of nitrogens with one attached hydrogen (secondary N) is 2. The number of nitrogens with zero attached hydrogens (tertiary/aromatic N) is 4. The molecule has 11 heteroatoms. The number of anilines is 1. The number of halogens is 3. The van der Waals surface area contributed by atoms with Crippen molar-refractivity contribution in [1.82, 2.24) is 18.5 Å². The predicted molar refractivity (Wildman–Crippen MR) is 127 cm³/mol. The number of aryl methyl sites for hydroxylation is 1. The topological polar surface area (TPSA) is 86.3 Å². The molecule has 3 heterocycles. The molecule has 0 amide bonds. The van der Waals surface area contributed by atoms with Crippen LogP contribution in [0.5, 0.6) is 0 Å². The fourth-order valence-corrected chi connectivity index (χ4v) is 3.86. The molecule has 0 aliphatic heterocycles. The summed E-state index contributed by atoms with van der Waals surface area (Å²) in [7, 11) is 0. The van der Waals surface area contributed by atoms with Crippen molar-refractivity contribution in [1.29, 1.82) is 5.41 Å². The molecule has 34 heavy (non-hydrogen) atoms. The number of imidazole rings is 1. The molecule has 3 aromatic heterocycles. The summed E-state index contributed by atoms with van der Waals surface area (Å²) in [4.78, 5) is 8.04. The molecule has 174 valence electrons. The number of rotatable bonds is 6. The summed E-state index contributed by atoms with van der Waals surface area (Å²) in [5, 5.41) is 18.8. The number of pyridine rings is 2. The highest BCUT2D eigenvalue weighted by Crippen LogP contribution is 2.34. The zero-order chi connectivity index (χ0) is 24.6. The molecule has 4 rings (SSSR count). The molecule has 7 nitrogen and oxygen atoms in total. The summed E-state index contributed by atoms with van der Waals surface area (Å²) in [6.45, 7) is 3.31. The lowest BCUT2D eigenvalue weighted by molar-refractivity contribution is 0.0511. The maximum Gasteiger partial charge on any atom is 0.227 e. The SMILES string of the molecule is C/C=C\C(=N)c1ncn2cc(-c3c(F)ccc(N[N+](O)(S)c4cc(F)cnc4C)c3F)ccc12. The van der Waals surface area contributed by atoms with Crippen LogP contribution < -0.4 is 9.59 Å². The minimum Gasteiger partial charge on any atom is -0.305 e. The van der Waals surface area contributed by atoms with Crippen LogP contribution in [0.15, 0.2) is 61.2 Å². The Kier molecular flexibility index (Phi) is 6.17. The van der Waals surface area contributed by atoms with Gasteiger partial charge in [-0.2, -0.15) is 10.6 Å². The number of fused-ring (bicyclic) bond motifs is 1. The van der Waals surface area contributed by atoms with Crippen LogP contribution >= 0.6 is 12.8 Å². The maximum absolute atomic E-state index is 15.5. The molecule has 0 saturated heterocycles. The second kappa shape index (κ2) is 8.93. The molecule has 0 saturated carbocycles. The quantitative estimate of drug-likeness (QED) is 0.123. The van der Waals surface area contributed by atoms with Crippen molar-refractivity contribution in [3.05, 3.63) is 90.0 Å². The molecule has 0 aliphatic rings. The molecular formula is C23H20F3N6OS+. The number of hydrogen-bond donors (Lipinski definition) is 4. The van der Waals surface area contributed by atoms with Crippen LogP contribution in [0, 0.1) is 29.8 Å². The Morgan fingerprint density at radius 1 is 1.21 bits per heavy atom. The smallest absolute Gasteiger partial charge is 0.227 e. The predicted octanol–water partition coefficient (Wildman–Crippen LogP) is 5.63. The summed E-state index contributed by atoms with van der Waals surface area (Å²) in [6.07, 6.45) is 7.22. The third kappa shape index (κ3) is 4.28. The fourth-order valence-electron chi connectivity index (χ4n) is 3.55. The first-order valence-corrected chi connectivity index (χ1v) is 10.4. The first-order chi connectivity index (χ1) is 16.1. The van der Waals surface area contributed by atoms with Gasteiger partial charge in [0.1, 0.15) is 47.9 Å². The van der Waals surface area contributed by atoms with E-state index in [2.05, 4.69) is 28.2 Å². The first kappa shape index (κ1) is 23.5. The minimum absolute atomic E-state index is 0.0791. The average Bonchev–Trinajstić information content (AvgIpc) is 3.21. The third-order valence-electron chi connectivity index (χ3n) is 5.14. The zero-order valence-electron chi connectivity index (χ0n) is 18.1. The van der Waals surface area contributed by atoms with Crippen molar-refractivity contribution >= 4 is 35.4 Å². The number of aromatic nitrogens is 3. The minimum atomic E-state index is -1.42. The first-order valence-electron chi connectivity index (χ1n) is 10.0. The van der Waals surface area contributed by atoms with E-state index < -0.39 is 21.6 Å². The molecule has 1 atom stereocenters. The van der Waals surface area contributed by atoms with Gasteiger partial charge in [-0.05, 0) is 38.1 Å². The van der Waals surface area contributed by atoms with E-state index in [1.165, 1.54) is 25.5 Å². The van der Waals surface area contributed by atoms with E-state index in [1.54, 1.807) is 29.5 Å². The van der Waals surface area contributed by atoms with E-state index in [1.807, 2.05) is 0 Å². The lowest BCUT2D eigenvalue weighted by Gasteiger charge is -2.24. The Labute approximate surface area is 198 Å². The second-order valence-corrected chi connectivity index (χ2v) is 8.05. The average molecular weight is 486 g/mol. The van der Waals surface area contributed by atoms with Crippen LogP contribution in [-0.2, 0) is 0 Å². The fraction of sp³-hybridized carbons (Fsp3) is 0.0870. The number of quaternary nitrogens is 1. The Morgan fingerprint density at radius 2 is 1.97 bits per heavy atom. The van der Waals surface area contributed by atoms with Crippen molar-refractivity contribution in [2.75, 3.05) is 5.43 Å². The molecule has 0 spiro atoms. The summed E-state index contributed by atoms with van der Waals surface area (Å²) >= 11 is 4.06. The molecular weight excluding hydrogens is 465 g/mol. The van der Waals surface area contributed by atoms with Gasteiger partial charge in [-0.1, -0.05) is 12.1 Å². The monoisotopic (exact) mass is 485 g/mol. The Balaban J connectivity index is 1.75. The Hall–Kier alpha value is -3.67. The van der Waals surface area contributed by atoms with Gasteiger partial charge in [0, 0.05) is 22.0 Å². The van der Waals surface area contributed by atoms with Crippen molar-refractivity contribution in [3.8, 4) is 11.1 Å². The van der Waals surface area contributed by atoms with Crippen LogP contribution in [0.4, 0.5) is 24.5 Å². The van der Waals surface area contributed by atoms with E-state index in [0.29, 0.717) is 11.2 Å². The largest absolute Gasteiger partial charge is 0.305 e. The molecule has 4 aromatic rings. The number of hydrogen-bond acceptors (Lipinski definition) is 6. The van der Waals surface area contributed by atoms with Gasteiger partial charge in [0.2, 0.25) is 5.69 Å². The van der Waals surface area contributed by atoms with Gasteiger partial charge in [0.25, 0.3) is 0 Å². The zero-order valence-corrected chi connectivity index (χ0v) is 19.0. The van der Waals surface area contributed by atoms with Crippen LogP contribution in [0.25, 0.3) is 16.6 Å². The molecule has 3 N–H and O–H groups in total. The van der Waals surface area contributed by atoms with Gasteiger partial charge in [-0.25, -0.2) is 18.2 Å². The number of thiol groups is 1. The van der Waals surface area contributed by atoms with Crippen LogP contribution in [0.3, 0.4) is 0 Å². The lowest BCUT2D eigenvalue weighted by atomic mass is 10.0. The van der Waals surface area contributed by atoms with Crippen molar-refractivity contribution < 1.29 is 18.4 Å². The molecule has 0 aliphatic carbocycles. The standard InChI is InChI=1S/C23H20F3N6OS/c1-3-4-17(27)23-19-8-5-14(11-31(19)12-29-23)21-16(25)6-7-18(22(21)26)30-32(33,34)20-9-15(24)10-28-13(20)2/h3-12,27,30,33-34H,1-2H3/q+1/b4-3-,27-17?. The molecule has 0 fully saturated rings. The number of benzene rings is 1. The summed E-state index contributed by atoms with van der Waals surface area (Å²) in [5.74, 6) is -2.54. The molecule has 0 bridgehead atoms. The maximum atomic E-state index is 15.5. The van der Waals surface area contributed by atoms with Crippen molar-refractivity contribution in [2.24, 2.45) is 0 Å².